The van der Waals surface area contributed by atoms with Crippen LogP contribution in [0.4, 0.5) is 0 Å². The average Bonchev–Trinajstić information content (AvgIpc) is 2.81. The summed E-state index contributed by atoms with van der Waals surface area (Å²) in [7, 11) is 0. The molecule has 0 saturated carbocycles. The molecule has 1 aliphatic rings. The first-order chi connectivity index (χ1) is 9.63. The van der Waals surface area contributed by atoms with Crippen LogP contribution in [0.5, 0.6) is 5.75 Å². The van der Waals surface area contributed by atoms with Crippen LogP contribution in [-0.4, -0.2) is 26.9 Å². The number of fused-ring (bicyclic) bond motifs is 1. The number of nitrogens with zero attached hydrogens (tertiary/aromatic N) is 3. The quantitative estimate of drug-likeness (QED) is 0.928. The molecule has 1 aromatic carbocycles. The van der Waals surface area contributed by atoms with E-state index in [1.165, 1.54) is 0 Å². The number of aromatic nitrogens is 3. The Balaban J connectivity index is 1.95. The van der Waals surface area contributed by atoms with E-state index in [0.29, 0.717) is 0 Å². The van der Waals surface area contributed by atoms with Gasteiger partial charge in [0.25, 0.3) is 0 Å². The lowest BCUT2D eigenvalue weighted by Crippen LogP contribution is -2.32. The molecule has 2 N–H and O–H groups in total. The van der Waals surface area contributed by atoms with E-state index in [1.54, 1.807) is 0 Å². The van der Waals surface area contributed by atoms with E-state index in [4.69, 9.17) is 10.5 Å². The van der Waals surface area contributed by atoms with Crippen molar-refractivity contribution in [2.24, 2.45) is 5.73 Å². The molecule has 3 rings (SSSR count). The van der Waals surface area contributed by atoms with Crippen LogP contribution in [0.1, 0.15) is 26.1 Å². The summed E-state index contributed by atoms with van der Waals surface area (Å²) in [5.41, 5.74) is 7.07. The van der Waals surface area contributed by atoms with Crippen molar-refractivity contribution in [3.05, 3.63) is 30.1 Å². The summed E-state index contributed by atoms with van der Waals surface area (Å²) in [5, 5.41) is 8.60. The molecule has 0 fully saturated rings. The Hall–Kier alpha value is -1.88. The lowest BCUT2D eigenvalue weighted by atomic mass is 10.1. The minimum absolute atomic E-state index is 0.158. The molecule has 1 atom stereocenters. The summed E-state index contributed by atoms with van der Waals surface area (Å²) in [4.78, 5) is 0. The van der Waals surface area contributed by atoms with Gasteiger partial charge in [-0.2, -0.15) is 0 Å². The van der Waals surface area contributed by atoms with Crippen molar-refractivity contribution >= 4 is 0 Å². The summed E-state index contributed by atoms with van der Waals surface area (Å²) >= 11 is 0. The van der Waals surface area contributed by atoms with Gasteiger partial charge in [-0.1, -0.05) is 12.1 Å². The first-order valence-corrected chi connectivity index (χ1v) is 7.08. The summed E-state index contributed by atoms with van der Waals surface area (Å²) < 4.78 is 7.86. The van der Waals surface area contributed by atoms with Crippen LogP contribution < -0.4 is 10.5 Å². The van der Waals surface area contributed by atoms with E-state index in [2.05, 4.69) is 14.8 Å². The molecule has 0 spiro atoms. The van der Waals surface area contributed by atoms with Crippen molar-refractivity contribution in [1.82, 2.24) is 14.8 Å². The van der Waals surface area contributed by atoms with Gasteiger partial charge >= 0.3 is 0 Å². The van der Waals surface area contributed by atoms with Crippen molar-refractivity contribution in [3.8, 4) is 17.1 Å². The Bertz CT molecular complexity index is 606. The first-order valence-electron chi connectivity index (χ1n) is 7.08. The van der Waals surface area contributed by atoms with Gasteiger partial charge in [-0.3, -0.25) is 0 Å². The average molecular weight is 272 g/mol. The Morgan fingerprint density at radius 2 is 2.20 bits per heavy atom. The minimum Gasteiger partial charge on any atom is -0.491 e. The third kappa shape index (κ3) is 2.54. The highest BCUT2D eigenvalue weighted by Crippen LogP contribution is 2.26. The molecule has 5 heteroatoms. The van der Waals surface area contributed by atoms with Crippen molar-refractivity contribution in [3.63, 3.8) is 0 Å². The molecule has 1 aliphatic heterocycles. The highest BCUT2D eigenvalue weighted by Gasteiger charge is 2.21. The second-order valence-electron chi connectivity index (χ2n) is 5.54. The van der Waals surface area contributed by atoms with E-state index < -0.39 is 0 Å². The second kappa shape index (κ2) is 5.25. The van der Waals surface area contributed by atoms with E-state index >= 15 is 0 Å². The van der Waals surface area contributed by atoms with Crippen molar-refractivity contribution in [2.75, 3.05) is 0 Å². The fourth-order valence-electron chi connectivity index (χ4n) is 2.55. The van der Waals surface area contributed by atoms with E-state index in [1.807, 2.05) is 38.1 Å². The van der Waals surface area contributed by atoms with Crippen molar-refractivity contribution < 1.29 is 4.74 Å². The number of aryl methyl sites for hydroxylation is 1. The highest BCUT2D eigenvalue weighted by atomic mass is 16.5. The van der Waals surface area contributed by atoms with Crippen LogP contribution in [0, 0.1) is 0 Å². The predicted octanol–water partition coefficient (Wildman–Crippen LogP) is 2.01. The molecule has 1 unspecified atom stereocenters. The summed E-state index contributed by atoms with van der Waals surface area (Å²) in [6.07, 6.45) is 2.04. The molecule has 0 radical (unpaired) electrons. The predicted molar refractivity (Wildman–Crippen MR) is 77.5 cm³/mol. The SMILES string of the molecule is CC(C)Oc1cccc(-c2nnc3n2CC(N)CC3)c1. The van der Waals surface area contributed by atoms with E-state index in [0.717, 1.165) is 42.3 Å². The van der Waals surface area contributed by atoms with Gasteiger partial charge in [-0.25, -0.2) is 0 Å². The highest BCUT2D eigenvalue weighted by molar-refractivity contribution is 5.58. The van der Waals surface area contributed by atoms with Crippen LogP contribution in [0.3, 0.4) is 0 Å². The molecule has 0 aliphatic carbocycles. The zero-order chi connectivity index (χ0) is 14.1. The number of hydrogen-bond acceptors (Lipinski definition) is 4. The number of hydrogen-bond donors (Lipinski definition) is 1. The molecule has 106 valence electrons. The number of rotatable bonds is 3. The molecular formula is C15H20N4O. The molecule has 5 nitrogen and oxygen atoms in total. The maximum Gasteiger partial charge on any atom is 0.164 e. The smallest absolute Gasteiger partial charge is 0.164 e. The lowest BCUT2D eigenvalue weighted by molar-refractivity contribution is 0.242. The summed E-state index contributed by atoms with van der Waals surface area (Å²) in [6, 6.07) is 8.18. The van der Waals surface area contributed by atoms with Gasteiger partial charge in [0.15, 0.2) is 5.82 Å². The van der Waals surface area contributed by atoms with Gasteiger partial charge in [0.2, 0.25) is 0 Å². The van der Waals surface area contributed by atoms with Crippen LogP contribution in [0.25, 0.3) is 11.4 Å². The zero-order valence-electron chi connectivity index (χ0n) is 11.9. The van der Waals surface area contributed by atoms with Crippen molar-refractivity contribution in [2.45, 2.75) is 45.4 Å². The molecule has 1 aromatic heterocycles. The second-order valence-corrected chi connectivity index (χ2v) is 5.54. The molecule has 2 heterocycles. The Morgan fingerprint density at radius 3 is 3.00 bits per heavy atom. The Labute approximate surface area is 118 Å². The van der Waals surface area contributed by atoms with Gasteiger partial charge in [-0.05, 0) is 32.4 Å². The normalized spacial score (nSPS) is 18.1. The fraction of sp³-hybridized carbons (Fsp3) is 0.467. The standard InChI is InChI=1S/C15H20N4O/c1-10(2)20-13-5-3-4-11(8-13)15-18-17-14-7-6-12(16)9-19(14)15/h3-5,8,10,12H,6-7,9,16H2,1-2H3. The number of benzene rings is 1. The number of ether oxygens (including phenoxy) is 1. The van der Waals surface area contributed by atoms with Crippen LogP contribution in [0.2, 0.25) is 0 Å². The Morgan fingerprint density at radius 1 is 1.35 bits per heavy atom. The largest absolute Gasteiger partial charge is 0.491 e. The van der Waals surface area contributed by atoms with Gasteiger partial charge in [0.05, 0.1) is 6.10 Å². The van der Waals surface area contributed by atoms with E-state index in [-0.39, 0.29) is 12.1 Å². The van der Waals surface area contributed by atoms with Gasteiger partial charge in [-0.15, -0.1) is 10.2 Å². The number of nitrogens with two attached hydrogens (primary N) is 1. The molecular weight excluding hydrogens is 252 g/mol. The molecule has 20 heavy (non-hydrogen) atoms. The Kier molecular flexibility index (Phi) is 3.44. The maximum atomic E-state index is 6.05. The van der Waals surface area contributed by atoms with Gasteiger partial charge in [0.1, 0.15) is 11.6 Å². The maximum absolute atomic E-state index is 6.05. The van der Waals surface area contributed by atoms with E-state index in [9.17, 15) is 0 Å². The third-order valence-corrected chi connectivity index (χ3v) is 3.45. The lowest BCUT2D eigenvalue weighted by Gasteiger charge is -2.21. The summed E-state index contributed by atoms with van der Waals surface area (Å²) in [5.74, 6) is 2.76. The van der Waals surface area contributed by atoms with Gasteiger partial charge in [0, 0.05) is 24.6 Å². The van der Waals surface area contributed by atoms with Crippen LogP contribution in [0.15, 0.2) is 24.3 Å². The monoisotopic (exact) mass is 272 g/mol. The first kappa shape index (κ1) is 13.1. The molecule has 0 saturated heterocycles. The van der Waals surface area contributed by atoms with Crippen LogP contribution in [-0.2, 0) is 13.0 Å². The molecule has 0 bridgehead atoms. The zero-order valence-corrected chi connectivity index (χ0v) is 11.9. The summed E-state index contributed by atoms with van der Waals surface area (Å²) in [6.45, 7) is 4.82. The third-order valence-electron chi connectivity index (χ3n) is 3.45. The van der Waals surface area contributed by atoms with Crippen LogP contribution >= 0.6 is 0 Å². The van der Waals surface area contributed by atoms with Crippen molar-refractivity contribution in [1.29, 1.82) is 0 Å². The van der Waals surface area contributed by atoms with Gasteiger partial charge < -0.3 is 15.0 Å². The minimum atomic E-state index is 0.158. The molecule has 0 amide bonds. The fourth-order valence-corrected chi connectivity index (χ4v) is 2.55. The topological polar surface area (TPSA) is 66.0 Å². The molecule has 2 aromatic rings.